The molecule has 3 fully saturated rings. The molecule has 152 valence electrons. The molecule has 3 rings (SSSR count). The SMILES string of the molecule is CCCC1(N)CCC2(CC1)OCCO2.CCCC1(NC)CCC(=O)CC1. The molecule has 1 spiro atoms. The smallest absolute Gasteiger partial charge is 0.168 e. The quantitative estimate of drug-likeness (QED) is 0.774. The van der Waals surface area contributed by atoms with Gasteiger partial charge >= 0.3 is 0 Å². The van der Waals surface area contributed by atoms with E-state index >= 15 is 0 Å². The zero-order valence-electron chi connectivity index (χ0n) is 17.2. The molecule has 1 aliphatic heterocycles. The summed E-state index contributed by atoms with van der Waals surface area (Å²) in [5.41, 5.74) is 6.64. The molecule has 5 heteroatoms. The van der Waals surface area contributed by atoms with Crippen LogP contribution < -0.4 is 11.1 Å². The number of carbonyl (C=O) groups is 1. The van der Waals surface area contributed by atoms with E-state index in [1.54, 1.807) is 0 Å². The summed E-state index contributed by atoms with van der Waals surface area (Å²) in [5, 5.41) is 3.39. The molecule has 1 heterocycles. The van der Waals surface area contributed by atoms with Crippen LogP contribution in [0.5, 0.6) is 0 Å². The van der Waals surface area contributed by atoms with Crippen LogP contribution in [0.3, 0.4) is 0 Å². The second kappa shape index (κ2) is 9.63. The van der Waals surface area contributed by atoms with Crippen LogP contribution in [-0.4, -0.2) is 42.9 Å². The Morgan fingerprint density at radius 1 is 0.923 bits per heavy atom. The summed E-state index contributed by atoms with van der Waals surface area (Å²) < 4.78 is 11.4. The number of nitrogens with two attached hydrogens (primary N) is 1. The molecule has 0 aromatic rings. The highest BCUT2D eigenvalue weighted by Gasteiger charge is 2.44. The van der Waals surface area contributed by atoms with E-state index in [1.165, 1.54) is 19.3 Å². The average molecular weight is 369 g/mol. The van der Waals surface area contributed by atoms with E-state index in [2.05, 4.69) is 19.2 Å². The lowest BCUT2D eigenvalue weighted by Gasteiger charge is -2.41. The Labute approximate surface area is 159 Å². The lowest BCUT2D eigenvalue weighted by Crippen LogP contribution is -2.49. The Morgan fingerprint density at radius 2 is 1.46 bits per heavy atom. The van der Waals surface area contributed by atoms with Gasteiger partial charge in [-0.05, 0) is 45.6 Å². The van der Waals surface area contributed by atoms with Gasteiger partial charge in [-0.3, -0.25) is 4.79 Å². The van der Waals surface area contributed by atoms with Crippen LogP contribution in [0.25, 0.3) is 0 Å². The lowest BCUT2D eigenvalue weighted by atomic mass is 9.77. The Balaban J connectivity index is 0.000000190. The number of Topliss-reactive ketones (excluding diaryl/α,β-unsaturated/α-hetero) is 1. The normalized spacial score (nSPS) is 26.4. The zero-order valence-corrected chi connectivity index (χ0v) is 17.2. The van der Waals surface area contributed by atoms with Gasteiger partial charge in [-0.15, -0.1) is 0 Å². The molecular weight excluding hydrogens is 328 g/mol. The van der Waals surface area contributed by atoms with Crippen LogP contribution in [0, 0.1) is 0 Å². The topological polar surface area (TPSA) is 73.6 Å². The molecule has 0 radical (unpaired) electrons. The Morgan fingerprint density at radius 3 is 1.92 bits per heavy atom. The van der Waals surface area contributed by atoms with Gasteiger partial charge in [0.1, 0.15) is 5.78 Å². The minimum Gasteiger partial charge on any atom is -0.348 e. The van der Waals surface area contributed by atoms with Gasteiger partial charge in [0.2, 0.25) is 0 Å². The number of ether oxygens (including phenoxy) is 2. The second-order valence-corrected chi connectivity index (χ2v) is 8.54. The Hall–Kier alpha value is -0.490. The third kappa shape index (κ3) is 5.75. The van der Waals surface area contributed by atoms with Crippen molar-refractivity contribution in [2.24, 2.45) is 5.73 Å². The highest BCUT2D eigenvalue weighted by Crippen LogP contribution is 2.40. The maximum Gasteiger partial charge on any atom is 0.168 e. The molecular formula is C21H40N2O3. The molecule has 0 bridgehead atoms. The molecule has 26 heavy (non-hydrogen) atoms. The number of hydrogen-bond donors (Lipinski definition) is 2. The standard InChI is InChI=1S/C11H21NO2.C10H19NO/c1-2-3-10(12)4-6-11(7-5-10)13-8-9-14-11;1-3-6-10(11-2)7-4-9(12)5-8-10/h2-9,12H2,1H3;11H,3-8H2,1-2H3. The van der Waals surface area contributed by atoms with Crippen molar-refractivity contribution in [3.8, 4) is 0 Å². The van der Waals surface area contributed by atoms with E-state index in [-0.39, 0.29) is 16.9 Å². The first-order valence-electron chi connectivity index (χ1n) is 10.7. The van der Waals surface area contributed by atoms with Crippen LogP contribution in [0.15, 0.2) is 0 Å². The molecule has 0 unspecified atom stereocenters. The van der Waals surface area contributed by atoms with E-state index < -0.39 is 0 Å². The number of ketones is 1. The van der Waals surface area contributed by atoms with E-state index in [1.807, 2.05) is 7.05 Å². The fraction of sp³-hybridized carbons (Fsp3) is 0.952. The first-order valence-corrected chi connectivity index (χ1v) is 10.7. The summed E-state index contributed by atoms with van der Waals surface area (Å²) in [6, 6.07) is 0. The van der Waals surface area contributed by atoms with Gasteiger partial charge in [-0.2, -0.15) is 0 Å². The third-order valence-electron chi connectivity index (χ3n) is 6.59. The number of hydrogen-bond acceptors (Lipinski definition) is 5. The highest BCUT2D eigenvalue weighted by atomic mass is 16.7. The van der Waals surface area contributed by atoms with Gasteiger partial charge in [0, 0.05) is 36.8 Å². The predicted molar refractivity (Wildman–Crippen MR) is 105 cm³/mol. The Bertz CT molecular complexity index is 427. The fourth-order valence-electron chi connectivity index (χ4n) is 4.77. The van der Waals surface area contributed by atoms with E-state index in [0.29, 0.717) is 5.78 Å². The minimum absolute atomic E-state index is 0.0509. The van der Waals surface area contributed by atoms with Gasteiger partial charge in [0.05, 0.1) is 13.2 Å². The molecule has 3 aliphatic rings. The molecule has 0 aromatic carbocycles. The monoisotopic (exact) mass is 368 g/mol. The van der Waals surface area contributed by atoms with E-state index in [9.17, 15) is 4.79 Å². The maximum atomic E-state index is 11.0. The summed E-state index contributed by atoms with van der Waals surface area (Å²) in [6.07, 6.45) is 12.4. The largest absolute Gasteiger partial charge is 0.348 e. The van der Waals surface area contributed by atoms with Gasteiger partial charge in [0.25, 0.3) is 0 Å². The zero-order chi connectivity index (χ0) is 19.1. The van der Waals surface area contributed by atoms with Crippen molar-refractivity contribution >= 4 is 5.78 Å². The van der Waals surface area contributed by atoms with Crippen LogP contribution in [-0.2, 0) is 14.3 Å². The summed E-state index contributed by atoms with van der Waals surface area (Å²) in [4.78, 5) is 11.0. The number of nitrogens with one attached hydrogen (secondary N) is 1. The molecule has 3 N–H and O–H groups in total. The summed E-state index contributed by atoms with van der Waals surface area (Å²) in [7, 11) is 2.02. The molecule has 0 amide bonds. The summed E-state index contributed by atoms with van der Waals surface area (Å²) >= 11 is 0. The Kier molecular flexibility index (Phi) is 8.08. The van der Waals surface area contributed by atoms with Crippen molar-refractivity contribution in [1.82, 2.24) is 5.32 Å². The maximum absolute atomic E-state index is 11.0. The van der Waals surface area contributed by atoms with Gasteiger partial charge in [-0.25, -0.2) is 0 Å². The number of rotatable bonds is 5. The third-order valence-corrected chi connectivity index (χ3v) is 6.59. The van der Waals surface area contributed by atoms with Crippen molar-refractivity contribution in [2.75, 3.05) is 20.3 Å². The van der Waals surface area contributed by atoms with Gasteiger partial charge in [-0.1, -0.05) is 26.7 Å². The summed E-state index contributed by atoms with van der Waals surface area (Å²) in [6.45, 7) is 5.91. The molecule has 1 saturated heterocycles. The minimum atomic E-state index is -0.253. The molecule has 2 saturated carbocycles. The fourth-order valence-corrected chi connectivity index (χ4v) is 4.77. The first-order chi connectivity index (χ1) is 12.4. The highest BCUT2D eigenvalue weighted by molar-refractivity contribution is 5.79. The van der Waals surface area contributed by atoms with Gasteiger partial charge in [0.15, 0.2) is 5.79 Å². The van der Waals surface area contributed by atoms with Crippen LogP contribution in [0.4, 0.5) is 0 Å². The predicted octanol–water partition coefficient (Wildman–Crippen LogP) is 3.69. The first kappa shape index (κ1) is 21.8. The van der Waals surface area contributed by atoms with Crippen molar-refractivity contribution in [3.05, 3.63) is 0 Å². The van der Waals surface area contributed by atoms with Crippen molar-refractivity contribution < 1.29 is 14.3 Å². The van der Waals surface area contributed by atoms with E-state index in [4.69, 9.17) is 15.2 Å². The average Bonchev–Trinajstić information content (AvgIpc) is 3.10. The van der Waals surface area contributed by atoms with E-state index in [0.717, 1.165) is 71.0 Å². The lowest BCUT2D eigenvalue weighted by molar-refractivity contribution is -0.184. The molecule has 0 aromatic heterocycles. The van der Waals surface area contributed by atoms with Crippen LogP contribution in [0.1, 0.15) is 90.9 Å². The molecule has 5 nitrogen and oxygen atoms in total. The van der Waals surface area contributed by atoms with Crippen LogP contribution in [0.2, 0.25) is 0 Å². The van der Waals surface area contributed by atoms with Crippen molar-refractivity contribution in [1.29, 1.82) is 0 Å². The van der Waals surface area contributed by atoms with Crippen LogP contribution >= 0.6 is 0 Å². The summed E-state index contributed by atoms with van der Waals surface area (Å²) in [5.74, 6) is 0.188. The molecule has 0 atom stereocenters. The second-order valence-electron chi connectivity index (χ2n) is 8.54. The molecule has 2 aliphatic carbocycles. The van der Waals surface area contributed by atoms with Gasteiger partial charge < -0.3 is 20.5 Å². The number of carbonyl (C=O) groups excluding carboxylic acids is 1. The van der Waals surface area contributed by atoms with Crippen molar-refractivity contribution in [2.45, 2.75) is 108 Å². The van der Waals surface area contributed by atoms with Crippen molar-refractivity contribution in [3.63, 3.8) is 0 Å².